The summed E-state index contributed by atoms with van der Waals surface area (Å²) in [5.41, 5.74) is 0.938. The molecule has 4 heteroatoms. The van der Waals surface area contributed by atoms with Gasteiger partial charge >= 0.3 is 5.13 Å². The van der Waals surface area contributed by atoms with Gasteiger partial charge in [0.15, 0.2) is 5.69 Å². The van der Waals surface area contributed by atoms with Crippen LogP contribution in [0, 0.1) is 19.2 Å². The highest BCUT2D eigenvalue weighted by Crippen LogP contribution is 2.23. The zero-order chi connectivity index (χ0) is 6.85. The fraction of sp³-hybridized carbons (Fsp3) is 0.400. The lowest BCUT2D eigenvalue weighted by atomic mass is 10.4. The first-order valence-corrected chi connectivity index (χ1v) is 3.35. The van der Waals surface area contributed by atoms with Crippen molar-refractivity contribution in [2.24, 2.45) is 0 Å². The molecule has 0 radical (unpaired) electrons. The molecule has 0 spiro atoms. The molecule has 9 heavy (non-hydrogen) atoms. The van der Waals surface area contributed by atoms with Crippen LogP contribution in [0.5, 0.6) is 0 Å². The average Bonchev–Trinajstić information content (AvgIpc) is 2.13. The van der Waals surface area contributed by atoms with Crippen molar-refractivity contribution in [1.29, 1.82) is 5.39 Å². The molecule has 3 nitrogen and oxygen atoms in total. The van der Waals surface area contributed by atoms with Gasteiger partial charge in [-0.25, -0.2) is 0 Å². The molecule has 46 valence electrons. The SMILES string of the molecule is Cc1nc([N+]#N)sc1C. The predicted molar refractivity (Wildman–Crippen MR) is 36.3 cm³/mol. The van der Waals surface area contributed by atoms with Gasteiger partial charge in [-0.05, 0) is 23.2 Å². The number of diazo groups is 1. The van der Waals surface area contributed by atoms with Gasteiger partial charge in [0.2, 0.25) is 0 Å². The number of nitrogens with zero attached hydrogens (tertiary/aromatic N) is 3. The second-order valence-corrected chi connectivity index (χ2v) is 2.92. The van der Waals surface area contributed by atoms with Crippen molar-refractivity contribution < 1.29 is 0 Å². The lowest BCUT2D eigenvalue weighted by Crippen LogP contribution is -1.69. The van der Waals surface area contributed by atoms with Crippen LogP contribution in [-0.2, 0) is 0 Å². The Morgan fingerprint density at radius 2 is 2.22 bits per heavy atom. The zero-order valence-corrected chi connectivity index (χ0v) is 6.07. The van der Waals surface area contributed by atoms with Crippen molar-refractivity contribution in [1.82, 2.24) is 4.98 Å². The maximum Gasteiger partial charge on any atom is 0.523 e. The Balaban J connectivity index is 3.16. The van der Waals surface area contributed by atoms with Crippen LogP contribution in [0.2, 0.25) is 0 Å². The van der Waals surface area contributed by atoms with Crippen molar-refractivity contribution in [2.45, 2.75) is 13.8 Å². The van der Waals surface area contributed by atoms with Gasteiger partial charge in [-0.3, -0.25) is 0 Å². The first kappa shape index (κ1) is 6.17. The second kappa shape index (κ2) is 2.11. The summed E-state index contributed by atoms with van der Waals surface area (Å²) >= 11 is 1.39. The Hall–Kier alpha value is -0.950. The number of hydrogen-bond donors (Lipinski definition) is 0. The van der Waals surface area contributed by atoms with Crippen molar-refractivity contribution in [3.63, 3.8) is 0 Å². The van der Waals surface area contributed by atoms with Gasteiger partial charge in [0.25, 0.3) is 0 Å². The van der Waals surface area contributed by atoms with Gasteiger partial charge < -0.3 is 0 Å². The Labute approximate surface area is 57.0 Å². The summed E-state index contributed by atoms with van der Waals surface area (Å²) in [6.07, 6.45) is 0. The molecule has 0 aliphatic heterocycles. The molecule has 0 unspecified atom stereocenters. The van der Waals surface area contributed by atoms with Crippen LogP contribution in [0.25, 0.3) is 4.98 Å². The molecule has 0 saturated heterocycles. The van der Waals surface area contributed by atoms with Gasteiger partial charge in [0.05, 0.1) is 10.3 Å². The van der Waals surface area contributed by atoms with E-state index in [9.17, 15) is 0 Å². The summed E-state index contributed by atoms with van der Waals surface area (Å²) in [6, 6.07) is 0. The third-order valence-corrected chi connectivity index (χ3v) is 2.06. The molecule has 1 aromatic heterocycles. The average molecular weight is 140 g/mol. The highest BCUT2D eigenvalue weighted by Gasteiger charge is 2.13. The quantitative estimate of drug-likeness (QED) is 0.518. The Morgan fingerprint density at radius 1 is 1.56 bits per heavy atom. The second-order valence-electron chi connectivity index (χ2n) is 1.74. The molecule has 0 aromatic carbocycles. The van der Waals surface area contributed by atoms with E-state index >= 15 is 0 Å². The van der Waals surface area contributed by atoms with Gasteiger partial charge in [-0.2, -0.15) is 0 Å². The van der Waals surface area contributed by atoms with Crippen molar-refractivity contribution in [3.8, 4) is 0 Å². The molecular formula is C5H6N3S+. The smallest absolute Gasteiger partial charge is 0.0258 e. The number of aryl methyl sites for hydroxylation is 2. The predicted octanol–water partition coefficient (Wildman–Crippen LogP) is 2.24. The van der Waals surface area contributed by atoms with E-state index in [1.807, 2.05) is 13.8 Å². The Kier molecular flexibility index (Phi) is 1.45. The van der Waals surface area contributed by atoms with E-state index in [0.717, 1.165) is 10.6 Å². The first-order chi connectivity index (χ1) is 4.24. The van der Waals surface area contributed by atoms with E-state index < -0.39 is 0 Å². The third-order valence-electron chi connectivity index (χ3n) is 1.10. The summed E-state index contributed by atoms with van der Waals surface area (Å²) in [7, 11) is 0. The number of aromatic nitrogens is 1. The summed E-state index contributed by atoms with van der Waals surface area (Å²) in [5, 5.41) is 8.68. The molecule has 1 rings (SSSR count). The molecule has 0 atom stereocenters. The molecule has 0 N–H and O–H groups in total. The molecular weight excluding hydrogens is 134 g/mol. The monoisotopic (exact) mass is 140 g/mol. The van der Waals surface area contributed by atoms with Gasteiger partial charge in [0.1, 0.15) is 0 Å². The Bertz CT molecular complexity index is 238. The molecule has 0 bridgehead atoms. The minimum atomic E-state index is 0.435. The maximum atomic E-state index is 8.25. The normalized spacial score (nSPS) is 9.00. The highest BCUT2D eigenvalue weighted by atomic mass is 32.1. The van der Waals surface area contributed by atoms with Crippen LogP contribution < -0.4 is 0 Å². The summed E-state index contributed by atoms with van der Waals surface area (Å²) < 4.78 is 0. The van der Waals surface area contributed by atoms with E-state index in [0.29, 0.717) is 5.13 Å². The fourth-order valence-corrected chi connectivity index (χ4v) is 1.19. The summed E-state index contributed by atoms with van der Waals surface area (Å²) in [6.45, 7) is 3.84. The van der Waals surface area contributed by atoms with E-state index in [1.165, 1.54) is 11.3 Å². The van der Waals surface area contributed by atoms with Crippen LogP contribution in [0.3, 0.4) is 0 Å². The van der Waals surface area contributed by atoms with Gasteiger partial charge in [0, 0.05) is 11.9 Å². The van der Waals surface area contributed by atoms with Crippen LogP contribution in [0.1, 0.15) is 10.6 Å². The van der Waals surface area contributed by atoms with Crippen LogP contribution in [0.15, 0.2) is 0 Å². The molecule has 0 aliphatic carbocycles. The van der Waals surface area contributed by atoms with Crippen molar-refractivity contribution >= 4 is 16.5 Å². The lowest BCUT2D eigenvalue weighted by Gasteiger charge is -1.70. The van der Waals surface area contributed by atoms with E-state index in [1.54, 1.807) is 0 Å². The summed E-state index contributed by atoms with van der Waals surface area (Å²) in [5.74, 6) is 0. The molecule has 1 aromatic rings. The van der Waals surface area contributed by atoms with E-state index in [4.69, 9.17) is 5.39 Å². The minimum Gasteiger partial charge on any atom is -0.0258 e. The molecule has 1 heterocycles. The molecule has 0 aliphatic rings. The van der Waals surface area contributed by atoms with Crippen molar-refractivity contribution in [3.05, 3.63) is 15.5 Å². The van der Waals surface area contributed by atoms with Gasteiger partial charge in [-0.15, -0.1) is 0 Å². The topological polar surface area (TPSA) is 41.0 Å². The molecule has 0 fully saturated rings. The van der Waals surface area contributed by atoms with E-state index in [2.05, 4.69) is 9.96 Å². The largest absolute Gasteiger partial charge is 0.523 e. The standard InChI is InChI=1S/C5H6N3S/c1-3-4(2)9-5(7-3)8-6/h1-2H3/q+1. The van der Waals surface area contributed by atoms with Gasteiger partial charge in [-0.1, -0.05) is 0 Å². The highest BCUT2D eigenvalue weighted by molar-refractivity contribution is 7.15. The zero-order valence-electron chi connectivity index (χ0n) is 5.25. The number of rotatable bonds is 0. The third kappa shape index (κ3) is 1.06. The number of hydrogen-bond acceptors (Lipinski definition) is 3. The maximum absolute atomic E-state index is 8.25. The van der Waals surface area contributed by atoms with E-state index in [-0.39, 0.29) is 0 Å². The van der Waals surface area contributed by atoms with Crippen LogP contribution >= 0.6 is 11.3 Å². The van der Waals surface area contributed by atoms with Crippen LogP contribution in [0.4, 0.5) is 5.13 Å². The van der Waals surface area contributed by atoms with Crippen LogP contribution in [-0.4, -0.2) is 4.98 Å². The number of thiazole rings is 1. The molecule has 0 saturated carbocycles. The first-order valence-electron chi connectivity index (χ1n) is 2.53. The summed E-state index contributed by atoms with van der Waals surface area (Å²) in [4.78, 5) is 7.99. The molecule has 0 amide bonds. The fourth-order valence-electron chi connectivity index (χ4n) is 0.499. The Morgan fingerprint density at radius 3 is 2.44 bits per heavy atom. The lowest BCUT2D eigenvalue weighted by molar-refractivity contribution is 1.23. The minimum absolute atomic E-state index is 0.435. The van der Waals surface area contributed by atoms with Crippen molar-refractivity contribution in [2.75, 3.05) is 0 Å².